The molecule has 1 fully saturated rings. The molecule has 4 rings (SSSR count). The molecule has 1 aliphatic rings. The quantitative estimate of drug-likeness (QED) is 0.648. The highest BCUT2D eigenvalue weighted by atomic mass is 35.5. The first-order chi connectivity index (χ1) is 13.8. The van der Waals surface area contributed by atoms with E-state index in [0.717, 1.165) is 11.3 Å². The third kappa shape index (κ3) is 4.17. The average Bonchev–Trinajstić information content (AvgIpc) is 3.13. The van der Waals surface area contributed by atoms with E-state index in [0.29, 0.717) is 47.5 Å². The Kier molecular flexibility index (Phi) is 5.38. The van der Waals surface area contributed by atoms with E-state index in [9.17, 15) is 9.90 Å². The van der Waals surface area contributed by atoms with E-state index in [1.54, 1.807) is 36.2 Å². The molecule has 0 aliphatic carbocycles. The monoisotopic (exact) mass is 429 g/mol. The molecule has 1 aromatic heterocycles. The van der Waals surface area contributed by atoms with Crippen LogP contribution in [0.15, 0.2) is 54.7 Å². The fourth-order valence-corrected chi connectivity index (χ4v) is 3.81. The Morgan fingerprint density at radius 3 is 2.38 bits per heavy atom. The molecule has 1 aliphatic heterocycles. The fraction of sp³-hybridized carbons (Fsp3) is 0.273. The van der Waals surface area contributed by atoms with Crippen LogP contribution >= 0.6 is 23.2 Å². The van der Waals surface area contributed by atoms with Crippen molar-refractivity contribution in [3.8, 4) is 17.1 Å². The van der Waals surface area contributed by atoms with Gasteiger partial charge in [0.25, 0.3) is 5.91 Å². The summed E-state index contributed by atoms with van der Waals surface area (Å²) >= 11 is 12.4. The maximum Gasteiger partial charge on any atom is 0.274 e. The van der Waals surface area contributed by atoms with Gasteiger partial charge >= 0.3 is 0 Å². The van der Waals surface area contributed by atoms with Crippen LogP contribution in [0.2, 0.25) is 10.0 Å². The summed E-state index contributed by atoms with van der Waals surface area (Å²) in [6.45, 7) is 2.81. The number of carbonyl (C=O) groups is 1. The third-order valence-corrected chi connectivity index (χ3v) is 5.85. The molecule has 0 bridgehead atoms. The maximum atomic E-state index is 13.1. The Morgan fingerprint density at radius 1 is 1.07 bits per heavy atom. The predicted molar refractivity (Wildman–Crippen MR) is 115 cm³/mol. The van der Waals surface area contributed by atoms with Crippen molar-refractivity contribution in [3.63, 3.8) is 0 Å². The normalized spacial score (nSPS) is 16.1. The lowest BCUT2D eigenvalue weighted by atomic mass is 9.94. The van der Waals surface area contributed by atoms with Crippen LogP contribution < -0.4 is 0 Å². The van der Waals surface area contributed by atoms with Gasteiger partial charge in [-0.05, 0) is 56.2 Å². The molecule has 1 amide bonds. The minimum atomic E-state index is -0.720. The van der Waals surface area contributed by atoms with Crippen molar-refractivity contribution >= 4 is 29.1 Å². The number of amides is 1. The number of nitrogens with zero attached hydrogens (tertiary/aromatic N) is 3. The molecule has 0 unspecified atom stereocenters. The highest BCUT2D eigenvalue weighted by Gasteiger charge is 2.31. The van der Waals surface area contributed by atoms with Gasteiger partial charge in [-0.25, -0.2) is 4.98 Å². The van der Waals surface area contributed by atoms with Gasteiger partial charge in [-0.2, -0.15) is 0 Å². The molecule has 3 aromatic rings. The van der Waals surface area contributed by atoms with Gasteiger partial charge in [-0.3, -0.25) is 9.36 Å². The van der Waals surface area contributed by atoms with Crippen molar-refractivity contribution in [3.05, 3.63) is 70.5 Å². The summed E-state index contributed by atoms with van der Waals surface area (Å²) in [5.41, 5.74) is 1.20. The fourth-order valence-electron chi connectivity index (χ4n) is 3.47. The van der Waals surface area contributed by atoms with Crippen LogP contribution in [0.1, 0.15) is 30.3 Å². The summed E-state index contributed by atoms with van der Waals surface area (Å²) in [6.07, 6.45) is 2.83. The van der Waals surface area contributed by atoms with Crippen molar-refractivity contribution in [1.82, 2.24) is 14.5 Å². The summed E-state index contributed by atoms with van der Waals surface area (Å²) in [6, 6.07) is 14.7. The van der Waals surface area contributed by atoms with Gasteiger partial charge in [0.1, 0.15) is 11.5 Å². The molecular formula is C22H21Cl2N3O2. The van der Waals surface area contributed by atoms with Crippen LogP contribution in [0.4, 0.5) is 0 Å². The summed E-state index contributed by atoms with van der Waals surface area (Å²) in [4.78, 5) is 19.5. The van der Waals surface area contributed by atoms with Crippen molar-refractivity contribution < 1.29 is 9.90 Å². The summed E-state index contributed by atoms with van der Waals surface area (Å²) in [5, 5.41) is 11.3. The van der Waals surface area contributed by atoms with Crippen LogP contribution in [0.3, 0.4) is 0 Å². The molecule has 5 nitrogen and oxygen atoms in total. The van der Waals surface area contributed by atoms with Gasteiger partial charge in [0.15, 0.2) is 0 Å². The first-order valence-electron chi connectivity index (χ1n) is 9.46. The van der Waals surface area contributed by atoms with Crippen LogP contribution in [-0.4, -0.2) is 44.2 Å². The maximum absolute atomic E-state index is 13.1. The Hall–Kier alpha value is -2.34. The predicted octanol–water partition coefficient (Wildman–Crippen LogP) is 4.83. The van der Waals surface area contributed by atoms with Crippen molar-refractivity contribution in [2.75, 3.05) is 13.1 Å². The number of benzene rings is 2. The van der Waals surface area contributed by atoms with E-state index in [4.69, 9.17) is 23.2 Å². The van der Waals surface area contributed by atoms with Gasteiger partial charge in [0.05, 0.1) is 10.6 Å². The molecule has 1 N–H and O–H groups in total. The number of rotatable bonds is 3. The SMILES string of the molecule is CC1(O)CCN(C(=O)c2cn(-c3ccc(Cl)cc3)c(-c3ccccc3Cl)n2)CC1. The third-order valence-electron chi connectivity index (χ3n) is 5.27. The Labute approximate surface area is 179 Å². The van der Waals surface area contributed by atoms with Gasteiger partial charge in [0, 0.05) is 35.6 Å². The number of hydrogen-bond acceptors (Lipinski definition) is 3. The summed E-state index contributed by atoms with van der Waals surface area (Å²) in [5.74, 6) is 0.437. The van der Waals surface area contributed by atoms with E-state index in [-0.39, 0.29) is 5.91 Å². The molecule has 29 heavy (non-hydrogen) atoms. The molecule has 0 radical (unpaired) electrons. The van der Waals surface area contributed by atoms with Crippen LogP contribution in [0, 0.1) is 0 Å². The Balaban J connectivity index is 1.75. The number of hydrogen-bond donors (Lipinski definition) is 1. The molecule has 7 heteroatoms. The molecule has 0 atom stereocenters. The molecule has 2 heterocycles. The van der Waals surface area contributed by atoms with Gasteiger partial charge < -0.3 is 10.0 Å². The second-order valence-corrected chi connectivity index (χ2v) is 8.41. The lowest BCUT2D eigenvalue weighted by molar-refractivity contribution is -0.00217. The number of piperidine rings is 1. The first kappa shape index (κ1) is 20.0. The first-order valence-corrected chi connectivity index (χ1v) is 10.2. The molecule has 1 saturated heterocycles. The minimum Gasteiger partial charge on any atom is -0.390 e. The lowest BCUT2D eigenvalue weighted by Gasteiger charge is -2.35. The highest BCUT2D eigenvalue weighted by molar-refractivity contribution is 6.33. The lowest BCUT2D eigenvalue weighted by Crippen LogP contribution is -2.45. The number of likely N-dealkylation sites (tertiary alicyclic amines) is 1. The number of aromatic nitrogens is 2. The molecule has 0 saturated carbocycles. The van der Waals surface area contributed by atoms with Crippen molar-refractivity contribution in [1.29, 1.82) is 0 Å². The smallest absolute Gasteiger partial charge is 0.274 e. The highest BCUT2D eigenvalue weighted by Crippen LogP contribution is 2.30. The number of imidazole rings is 1. The zero-order valence-electron chi connectivity index (χ0n) is 16.0. The van der Waals surface area contributed by atoms with E-state index in [2.05, 4.69) is 4.98 Å². The Morgan fingerprint density at radius 2 is 1.72 bits per heavy atom. The van der Waals surface area contributed by atoms with Crippen LogP contribution in [-0.2, 0) is 0 Å². The van der Waals surface area contributed by atoms with Crippen molar-refractivity contribution in [2.45, 2.75) is 25.4 Å². The summed E-state index contributed by atoms with van der Waals surface area (Å²) < 4.78 is 1.85. The second kappa shape index (κ2) is 7.82. The van der Waals surface area contributed by atoms with Crippen LogP contribution in [0.25, 0.3) is 17.1 Å². The standard InChI is InChI=1S/C22H21Cl2N3O2/c1-22(29)10-12-26(13-11-22)21(28)19-14-27(16-8-6-15(23)7-9-16)20(25-19)17-4-2-3-5-18(17)24/h2-9,14,29H,10-13H2,1H3. The molecular weight excluding hydrogens is 409 g/mol. The molecule has 150 valence electrons. The topological polar surface area (TPSA) is 58.4 Å². The largest absolute Gasteiger partial charge is 0.390 e. The van der Waals surface area contributed by atoms with Gasteiger partial charge in [0.2, 0.25) is 0 Å². The minimum absolute atomic E-state index is 0.151. The zero-order chi connectivity index (χ0) is 20.6. The second-order valence-electron chi connectivity index (χ2n) is 7.57. The number of aliphatic hydroxyl groups is 1. The molecule has 2 aromatic carbocycles. The van der Waals surface area contributed by atoms with E-state index in [1.165, 1.54) is 0 Å². The van der Waals surface area contributed by atoms with E-state index in [1.807, 2.05) is 34.9 Å². The van der Waals surface area contributed by atoms with Gasteiger partial charge in [-0.15, -0.1) is 0 Å². The van der Waals surface area contributed by atoms with E-state index >= 15 is 0 Å². The van der Waals surface area contributed by atoms with Crippen LogP contribution in [0.5, 0.6) is 0 Å². The number of halogens is 2. The Bertz CT molecular complexity index is 1030. The average molecular weight is 430 g/mol. The zero-order valence-corrected chi connectivity index (χ0v) is 17.5. The number of carbonyl (C=O) groups excluding carboxylic acids is 1. The van der Waals surface area contributed by atoms with Crippen molar-refractivity contribution in [2.24, 2.45) is 0 Å². The van der Waals surface area contributed by atoms with E-state index < -0.39 is 5.60 Å². The summed E-state index contributed by atoms with van der Waals surface area (Å²) in [7, 11) is 0. The molecule has 0 spiro atoms. The van der Waals surface area contributed by atoms with Gasteiger partial charge in [-0.1, -0.05) is 35.3 Å².